The van der Waals surface area contributed by atoms with Crippen molar-refractivity contribution in [2.24, 2.45) is 0 Å². The average molecular weight is 332 g/mol. The molecule has 2 aromatic rings. The van der Waals surface area contributed by atoms with Gasteiger partial charge in [-0.1, -0.05) is 12.1 Å². The molecule has 0 aromatic heterocycles. The van der Waals surface area contributed by atoms with Gasteiger partial charge in [0.2, 0.25) is 0 Å². The zero-order chi connectivity index (χ0) is 17.5. The minimum Gasteiger partial charge on any atom is -0.493 e. The molecule has 0 fully saturated rings. The van der Waals surface area contributed by atoms with Gasteiger partial charge in [0.15, 0.2) is 11.5 Å². The predicted octanol–water partition coefficient (Wildman–Crippen LogP) is 3.86. The molecule has 0 saturated heterocycles. The molecule has 0 atom stereocenters. The fourth-order valence-electron chi connectivity index (χ4n) is 2.20. The van der Waals surface area contributed by atoms with Gasteiger partial charge in [0.05, 0.1) is 13.7 Å². The van der Waals surface area contributed by atoms with Crippen LogP contribution in [0.25, 0.3) is 0 Å². The number of carbonyl (C=O) groups excluding carboxylic acids is 1. The van der Waals surface area contributed by atoms with Crippen molar-refractivity contribution in [1.82, 2.24) is 5.32 Å². The Morgan fingerprint density at radius 2 is 1.96 bits per heavy atom. The van der Waals surface area contributed by atoms with Crippen molar-refractivity contribution < 1.29 is 18.7 Å². The quantitative estimate of drug-likeness (QED) is 0.844. The van der Waals surface area contributed by atoms with Crippen LogP contribution in [0.5, 0.6) is 11.5 Å². The topological polar surface area (TPSA) is 59.6 Å². The third kappa shape index (κ3) is 4.62. The third-order valence-corrected chi connectivity index (χ3v) is 3.40. The monoisotopic (exact) mass is 332 g/mol. The lowest BCUT2D eigenvalue weighted by Gasteiger charge is -2.12. The van der Waals surface area contributed by atoms with Gasteiger partial charge < -0.3 is 20.1 Å². The smallest absolute Gasteiger partial charge is 0.319 e. The number of hydrogen-bond acceptors (Lipinski definition) is 3. The second-order valence-corrected chi connectivity index (χ2v) is 5.19. The molecule has 2 N–H and O–H groups in total. The van der Waals surface area contributed by atoms with E-state index >= 15 is 0 Å². The van der Waals surface area contributed by atoms with Crippen molar-refractivity contribution in [2.75, 3.05) is 19.0 Å². The van der Waals surface area contributed by atoms with Crippen molar-refractivity contribution in [2.45, 2.75) is 20.4 Å². The zero-order valence-corrected chi connectivity index (χ0v) is 14.0. The van der Waals surface area contributed by atoms with E-state index in [1.54, 1.807) is 44.4 Å². The SMILES string of the molecule is CCOc1cc(NC(=O)NCc2ccc(F)c(C)c2)ccc1OC. The summed E-state index contributed by atoms with van der Waals surface area (Å²) < 4.78 is 23.9. The van der Waals surface area contributed by atoms with Crippen LogP contribution in [-0.4, -0.2) is 19.7 Å². The maximum absolute atomic E-state index is 13.2. The number of nitrogens with one attached hydrogen (secondary N) is 2. The molecule has 2 aromatic carbocycles. The highest BCUT2D eigenvalue weighted by Crippen LogP contribution is 2.30. The van der Waals surface area contributed by atoms with E-state index in [0.717, 1.165) is 5.56 Å². The number of amides is 2. The zero-order valence-electron chi connectivity index (χ0n) is 14.0. The number of methoxy groups -OCH3 is 1. The first kappa shape index (κ1) is 17.6. The van der Waals surface area contributed by atoms with E-state index in [4.69, 9.17) is 9.47 Å². The van der Waals surface area contributed by atoms with E-state index in [2.05, 4.69) is 10.6 Å². The highest BCUT2D eigenvalue weighted by atomic mass is 19.1. The molecule has 0 spiro atoms. The Balaban J connectivity index is 1.96. The number of urea groups is 1. The fraction of sp³-hybridized carbons (Fsp3) is 0.278. The molecule has 0 aliphatic carbocycles. The highest BCUT2D eigenvalue weighted by Gasteiger charge is 2.08. The van der Waals surface area contributed by atoms with Crippen molar-refractivity contribution in [1.29, 1.82) is 0 Å². The molecule has 2 rings (SSSR count). The van der Waals surface area contributed by atoms with Crippen LogP contribution in [0.3, 0.4) is 0 Å². The van der Waals surface area contributed by atoms with E-state index in [-0.39, 0.29) is 11.8 Å². The Kier molecular flexibility index (Phi) is 6.01. The number of hydrogen-bond donors (Lipinski definition) is 2. The minimum absolute atomic E-state index is 0.259. The maximum atomic E-state index is 13.2. The van der Waals surface area contributed by atoms with E-state index in [9.17, 15) is 9.18 Å². The molecule has 0 aliphatic heterocycles. The van der Waals surface area contributed by atoms with Crippen molar-refractivity contribution in [3.8, 4) is 11.5 Å². The fourth-order valence-corrected chi connectivity index (χ4v) is 2.20. The Hall–Kier alpha value is -2.76. The standard InChI is InChI=1S/C18H21FN2O3/c1-4-24-17-10-14(6-8-16(17)23-3)21-18(22)20-11-13-5-7-15(19)12(2)9-13/h5-10H,4,11H2,1-3H3,(H2,20,21,22). The Morgan fingerprint density at radius 3 is 2.62 bits per heavy atom. The van der Waals surface area contributed by atoms with Gasteiger partial charge in [0.1, 0.15) is 5.82 Å². The lowest BCUT2D eigenvalue weighted by molar-refractivity contribution is 0.251. The Bertz CT molecular complexity index is 719. The van der Waals surface area contributed by atoms with Crippen LogP contribution in [0, 0.1) is 12.7 Å². The van der Waals surface area contributed by atoms with Crippen LogP contribution in [0.15, 0.2) is 36.4 Å². The average Bonchev–Trinajstić information content (AvgIpc) is 2.56. The van der Waals surface area contributed by atoms with Gasteiger partial charge in [-0.05, 0) is 43.2 Å². The first-order valence-corrected chi connectivity index (χ1v) is 7.64. The molecular formula is C18H21FN2O3. The number of anilines is 1. The van der Waals surface area contributed by atoms with E-state index in [1.807, 2.05) is 6.92 Å². The number of halogens is 1. The lowest BCUT2D eigenvalue weighted by atomic mass is 10.1. The normalized spacial score (nSPS) is 10.2. The molecule has 0 radical (unpaired) electrons. The second kappa shape index (κ2) is 8.19. The van der Waals surface area contributed by atoms with E-state index in [0.29, 0.717) is 35.9 Å². The Labute approximate surface area is 140 Å². The van der Waals surface area contributed by atoms with Gasteiger partial charge in [0, 0.05) is 18.3 Å². The molecular weight excluding hydrogens is 311 g/mol. The van der Waals surface area contributed by atoms with Gasteiger partial charge >= 0.3 is 6.03 Å². The van der Waals surface area contributed by atoms with Crippen molar-refractivity contribution in [3.05, 3.63) is 53.3 Å². The predicted molar refractivity (Wildman–Crippen MR) is 91.2 cm³/mol. The van der Waals surface area contributed by atoms with Crippen molar-refractivity contribution >= 4 is 11.7 Å². The number of ether oxygens (including phenoxy) is 2. The molecule has 5 nitrogen and oxygen atoms in total. The summed E-state index contributed by atoms with van der Waals surface area (Å²) in [5.74, 6) is 0.904. The number of benzene rings is 2. The summed E-state index contributed by atoms with van der Waals surface area (Å²) >= 11 is 0. The molecule has 0 saturated carbocycles. The molecule has 6 heteroatoms. The van der Waals surface area contributed by atoms with Crippen LogP contribution >= 0.6 is 0 Å². The summed E-state index contributed by atoms with van der Waals surface area (Å²) in [5.41, 5.74) is 1.96. The van der Waals surface area contributed by atoms with Crippen LogP contribution < -0.4 is 20.1 Å². The molecule has 0 unspecified atom stereocenters. The van der Waals surface area contributed by atoms with Crippen LogP contribution in [0.1, 0.15) is 18.1 Å². The van der Waals surface area contributed by atoms with Crippen molar-refractivity contribution in [3.63, 3.8) is 0 Å². The molecule has 2 amide bonds. The third-order valence-electron chi connectivity index (χ3n) is 3.40. The van der Waals surface area contributed by atoms with Gasteiger partial charge in [-0.25, -0.2) is 9.18 Å². The molecule has 24 heavy (non-hydrogen) atoms. The summed E-state index contributed by atoms with van der Waals surface area (Å²) in [6.07, 6.45) is 0. The van der Waals surface area contributed by atoms with Gasteiger partial charge in [-0.3, -0.25) is 0 Å². The molecule has 0 aliphatic rings. The van der Waals surface area contributed by atoms with Gasteiger partial charge in [-0.2, -0.15) is 0 Å². The van der Waals surface area contributed by atoms with Crippen LogP contribution in [-0.2, 0) is 6.54 Å². The minimum atomic E-state index is -0.357. The Morgan fingerprint density at radius 1 is 1.17 bits per heavy atom. The first-order valence-electron chi connectivity index (χ1n) is 7.64. The van der Waals surface area contributed by atoms with Gasteiger partial charge in [0.25, 0.3) is 0 Å². The van der Waals surface area contributed by atoms with Gasteiger partial charge in [-0.15, -0.1) is 0 Å². The highest BCUT2D eigenvalue weighted by molar-refractivity contribution is 5.89. The van der Waals surface area contributed by atoms with E-state index in [1.165, 1.54) is 6.07 Å². The summed E-state index contributed by atoms with van der Waals surface area (Å²) in [4.78, 5) is 12.0. The largest absolute Gasteiger partial charge is 0.493 e. The summed E-state index contributed by atoms with van der Waals surface area (Å²) in [6, 6.07) is 9.53. The summed E-state index contributed by atoms with van der Waals surface area (Å²) in [6.45, 7) is 4.36. The molecule has 128 valence electrons. The second-order valence-electron chi connectivity index (χ2n) is 5.19. The summed E-state index contributed by atoms with van der Waals surface area (Å²) in [7, 11) is 1.56. The van der Waals surface area contributed by atoms with Crippen LogP contribution in [0.2, 0.25) is 0 Å². The molecule has 0 heterocycles. The number of carbonyl (C=O) groups is 1. The first-order chi connectivity index (χ1) is 11.5. The van der Waals surface area contributed by atoms with Crippen LogP contribution in [0.4, 0.5) is 14.9 Å². The maximum Gasteiger partial charge on any atom is 0.319 e. The summed E-state index contributed by atoms with van der Waals surface area (Å²) in [5, 5.41) is 5.46. The molecule has 0 bridgehead atoms. The van der Waals surface area contributed by atoms with E-state index < -0.39 is 0 Å². The number of aryl methyl sites for hydroxylation is 1. The lowest BCUT2D eigenvalue weighted by Crippen LogP contribution is -2.28. The number of rotatable bonds is 6.